The maximum Gasteiger partial charge on any atom is 0.00390 e. The van der Waals surface area contributed by atoms with Crippen LogP contribution in [-0.4, -0.2) is 30.6 Å². The molecule has 1 heterocycles. The van der Waals surface area contributed by atoms with Crippen molar-refractivity contribution in [2.75, 3.05) is 19.6 Å². The molecule has 0 radical (unpaired) electrons. The number of nitrogens with zero attached hydrogens (tertiary/aromatic N) is 1. The Kier molecular flexibility index (Phi) is 5.30. The fourth-order valence-corrected chi connectivity index (χ4v) is 3.60. The summed E-state index contributed by atoms with van der Waals surface area (Å²) in [4.78, 5) is 2.72. The molecular weight excluding hydrogens is 208 g/mol. The van der Waals surface area contributed by atoms with E-state index in [-0.39, 0.29) is 0 Å². The zero-order chi connectivity index (χ0) is 12.1. The standard InChI is InChI=1S/C15H30N2/c1-2-3-13-8-10-17(11-9-13)12-14-4-6-15(16)7-5-14/h13-15H,2-12,16H2,1H3. The lowest BCUT2D eigenvalue weighted by atomic mass is 9.85. The normalized spacial score (nSPS) is 32.8. The molecule has 2 N–H and O–H groups in total. The maximum absolute atomic E-state index is 5.97. The van der Waals surface area contributed by atoms with Gasteiger partial charge in [-0.1, -0.05) is 19.8 Å². The molecule has 100 valence electrons. The minimum atomic E-state index is 0.501. The van der Waals surface area contributed by atoms with Gasteiger partial charge in [0, 0.05) is 12.6 Å². The van der Waals surface area contributed by atoms with Crippen LogP contribution in [0.3, 0.4) is 0 Å². The molecule has 0 unspecified atom stereocenters. The van der Waals surface area contributed by atoms with E-state index < -0.39 is 0 Å². The summed E-state index contributed by atoms with van der Waals surface area (Å²) in [7, 11) is 0. The fourth-order valence-electron chi connectivity index (χ4n) is 3.60. The molecule has 2 heteroatoms. The Labute approximate surface area is 107 Å². The summed E-state index contributed by atoms with van der Waals surface area (Å²) in [6.07, 6.45) is 11.0. The first kappa shape index (κ1) is 13.4. The maximum atomic E-state index is 5.97. The van der Waals surface area contributed by atoms with Gasteiger partial charge in [0.1, 0.15) is 0 Å². The highest BCUT2D eigenvalue weighted by Crippen LogP contribution is 2.27. The van der Waals surface area contributed by atoms with E-state index in [2.05, 4.69) is 11.8 Å². The second kappa shape index (κ2) is 6.75. The van der Waals surface area contributed by atoms with Gasteiger partial charge >= 0.3 is 0 Å². The van der Waals surface area contributed by atoms with Crippen LogP contribution in [0.5, 0.6) is 0 Å². The molecule has 0 atom stereocenters. The summed E-state index contributed by atoms with van der Waals surface area (Å²) in [5, 5.41) is 0. The molecule has 0 amide bonds. The quantitative estimate of drug-likeness (QED) is 0.816. The van der Waals surface area contributed by atoms with E-state index in [1.807, 2.05) is 0 Å². The molecule has 2 rings (SSSR count). The number of likely N-dealkylation sites (tertiary alicyclic amines) is 1. The van der Waals surface area contributed by atoms with Gasteiger partial charge in [0.25, 0.3) is 0 Å². The molecule has 0 aromatic heterocycles. The Morgan fingerprint density at radius 3 is 2.18 bits per heavy atom. The van der Waals surface area contributed by atoms with Crippen LogP contribution in [0.2, 0.25) is 0 Å². The van der Waals surface area contributed by atoms with E-state index in [1.165, 1.54) is 71.0 Å². The molecule has 0 spiro atoms. The van der Waals surface area contributed by atoms with Crippen LogP contribution in [0, 0.1) is 11.8 Å². The Hall–Kier alpha value is -0.0800. The van der Waals surface area contributed by atoms with Crippen LogP contribution < -0.4 is 5.73 Å². The average Bonchev–Trinajstić information content (AvgIpc) is 2.35. The molecule has 17 heavy (non-hydrogen) atoms. The van der Waals surface area contributed by atoms with E-state index in [9.17, 15) is 0 Å². The minimum absolute atomic E-state index is 0.501. The van der Waals surface area contributed by atoms with Gasteiger partial charge in [-0.2, -0.15) is 0 Å². The third kappa shape index (κ3) is 4.26. The van der Waals surface area contributed by atoms with E-state index in [1.54, 1.807) is 0 Å². The highest BCUT2D eigenvalue weighted by Gasteiger charge is 2.23. The van der Waals surface area contributed by atoms with Crippen molar-refractivity contribution in [3.63, 3.8) is 0 Å². The number of hydrogen-bond acceptors (Lipinski definition) is 2. The first-order valence-electron chi connectivity index (χ1n) is 7.76. The molecule has 0 aromatic rings. The van der Waals surface area contributed by atoms with Gasteiger partial charge in [0.05, 0.1) is 0 Å². The first-order chi connectivity index (χ1) is 8.28. The van der Waals surface area contributed by atoms with Crippen molar-refractivity contribution in [3.05, 3.63) is 0 Å². The zero-order valence-electron chi connectivity index (χ0n) is 11.5. The van der Waals surface area contributed by atoms with E-state index in [4.69, 9.17) is 5.73 Å². The van der Waals surface area contributed by atoms with Gasteiger partial charge in [-0.05, 0) is 63.5 Å². The zero-order valence-corrected chi connectivity index (χ0v) is 11.5. The van der Waals surface area contributed by atoms with Gasteiger partial charge in [-0.25, -0.2) is 0 Å². The minimum Gasteiger partial charge on any atom is -0.328 e. The summed E-state index contributed by atoms with van der Waals surface area (Å²) < 4.78 is 0. The molecule has 1 saturated heterocycles. The number of rotatable bonds is 4. The number of piperidine rings is 1. The van der Waals surface area contributed by atoms with Crippen molar-refractivity contribution in [3.8, 4) is 0 Å². The first-order valence-corrected chi connectivity index (χ1v) is 7.76. The van der Waals surface area contributed by atoms with Crippen LogP contribution >= 0.6 is 0 Å². The van der Waals surface area contributed by atoms with Crippen LogP contribution in [0.15, 0.2) is 0 Å². The van der Waals surface area contributed by atoms with Crippen molar-refractivity contribution in [2.24, 2.45) is 17.6 Å². The Balaban J connectivity index is 1.64. The van der Waals surface area contributed by atoms with Crippen LogP contribution in [0.1, 0.15) is 58.3 Å². The summed E-state index contributed by atoms with van der Waals surface area (Å²) in [6, 6.07) is 0.501. The lowest BCUT2D eigenvalue weighted by Gasteiger charge is -2.36. The van der Waals surface area contributed by atoms with Crippen molar-refractivity contribution in [1.82, 2.24) is 4.90 Å². The number of nitrogens with two attached hydrogens (primary N) is 1. The van der Waals surface area contributed by atoms with E-state index in [0.29, 0.717) is 6.04 Å². The second-order valence-electron chi connectivity index (χ2n) is 6.31. The molecule has 2 aliphatic rings. The highest BCUT2D eigenvalue weighted by molar-refractivity contribution is 4.79. The molecule has 1 aliphatic heterocycles. The van der Waals surface area contributed by atoms with E-state index in [0.717, 1.165) is 11.8 Å². The molecule has 0 aromatic carbocycles. The average molecular weight is 238 g/mol. The molecule has 2 fully saturated rings. The number of hydrogen-bond donors (Lipinski definition) is 1. The highest BCUT2D eigenvalue weighted by atomic mass is 15.1. The van der Waals surface area contributed by atoms with Crippen LogP contribution in [0.25, 0.3) is 0 Å². The molecule has 1 aliphatic carbocycles. The monoisotopic (exact) mass is 238 g/mol. The van der Waals surface area contributed by atoms with Crippen LogP contribution in [-0.2, 0) is 0 Å². The predicted molar refractivity (Wildman–Crippen MR) is 74.0 cm³/mol. The van der Waals surface area contributed by atoms with Crippen LogP contribution in [0.4, 0.5) is 0 Å². The lowest BCUT2D eigenvalue weighted by Crippen LogP contribution is -2.39. The van der Waals surface area contributed by atoms with Gasteiger partial charge in [-0.3, -0.25) is 0 Å². The Morgan fingerprint density at radius 1 is 0.941 bits per heavy atom. The molecule has 1 saturated carbocycles. The fraction of sp³-hybridized carbons (Fsp3) is 1.00. The topological polar surface area (TPSA) is 29.3 Å². The van der Waals surface area contributed by atoms with Crippen molar-refractivity contribution in [1.29, 1.82) is 0 Å². The van der Waals surface area contributed by atoms with Crippen molar-refractivity contribution in [2.45, 2.75) is 64.3 Å². The lowest BCUT2D eigenvalue weighted by molar-refractivity contribution is 0.139. The third-order valence-corrected chi connectivity index (χ3v) is 4.81. The Bertz CT molecular complexity index is 201. The molecular formula is C15H30N2. The summed E-state index contributed by atoms with van der Waals surface area (Å²) in [5.74, 6) is 1.97. The SMILES string of the molecule is CCCC1CCN(CC2CCC(N)CC2)CC1. The summed E-state index contributed by atoms with van der Waals surface area (Å²) in [6.45, 7) is 6.38. The summed E-state index contributed by atoms with van der Waals surface area (Å²) >= 11 is 0. The van der Waals surface area contributed by atoms with Crippen molar-refractivity contribution >= 4 is 0 Å². The third-order valence-electron chi connectivity index (χ3n) is 4.81. The van der Waals surface area contributed by atoms with Gasteiger partial charge in [-0.15, -0.1) is 0 Å². The molecule has 2 nitrogen and oxygen atoms in total. The second-order valence-corrected chi connectivity index (χ2v) is 6.31. The van der Waals surface area contributed by atoms with Crippen molar-refractivity contribution < 1.29 is 0 Å². The Morgan fingerprint density at radius 2 is 1.59 bits per heavy atom. The molecule has 0 bridgehead atoms. The van der Waals surface area contributed by atoms with Gasteiger partial charge < -0.3 is 10.6 Å². The van der Waals surface area contributed by atoms with E-state index >= 15 is 0 Å². The van der Waals surface area contributed by atoms with Gasteiger partial charge in [0.15, 0.2) is 0 Å². The smallest absolute Gasteiger partial charge is 0.00390 e. The van der Waals surface area contributed by atoms with Gasteiger partial charge in [0.2, 0.25) is 0 Å². The summed E-state index contributed by atoms with van der Waals surface area (Å²) in [5.41, 5.74) is 5.97. The predicted octanol–water partition coefficient (Wildman–Crippen LogP) is 3.02. The largest absolute Gasteiger partial charge is 0.328 e.